The summed E-state index contributed by atoms with van der Waals surface area (Å²) in [5.74, 6) is -3.30. The van der Waals surface area contributed by atoms with E-state index in [1.54, 1.807) is 0 Å². The van der Waals surface area contributed by atoms with Crippen molar-refractivity contribution in [1.82, 2.24) is 10.2 Å². The van der Waals surface area contributed by atoms with Gasteiger partial charge in [0.2, 0.25) is 5.91 Å². The van der Waals surface area contributed by atoms with E-state index in [9.17, 15) is 27.6 Å². The summed E-state index contributed by atoms with van der Waals surface area (Å²) in [5.41, 5.74) is -4.69. The first-order valence-corrected chi connectivity index (χ1v) is 7.62. The monoisotopic (exact) mass is 342 g/mol. The van der Waals surface area contributed by atoms with Crippen molar-refractivity contribution < 1.29 is 32.7 Å². The lowest BCUT2D eigenvalue weighted by atomic mass is 10.1. The van der Waals surface area contributed by atoms with Gasteiger partial charge in [0.25, 0.3) is 5.91 Å². The second-order valence-electron chi connectivity index (χ2n) is 4.11. The van der Waals surface area contributed by atoms with Gasteiger partial charge in [-0.3, -0.25) is 14.5 Å². The summed E-state index contributed by atoms with van der Waals surface area (Å²) in [6.45, 7) is 0. The molecule has 0 aromatic carbocycles. The molecule has 21 heavy (non-hydrogen) atoms. The first-order valence-electron chi connectivity index (χ1n) is 5.59. The predicted molar refractivity (Wildman–Crippen MR) is 69.3 cm³/mol. The molecule has 2 heterocycles. The predicted octanol–water partition coefficient (Wildman–Crippen LogP) is 0.608. The number of carbonyl (C=O) groups is 3. The number of alkyl halides is 3. The molecule has 1 unspecified atom stereocenters. The molecule has 0 bridgehead atoms. The molecule has 2 aliphatic heterocycles. The molecule has 2 atom stereocenters. The number of amides is 2. The fourth-order valence-electron chi connectivity index (χ4n) is 1.90. The number of β-lactam (4-membered cyclic amide) rings is 1. The van der Waals surface area contributed by atoms with E-state index in [0.29, 0.717) is 5.75 Å². The van der Waals surface area contributed by atoms with Crippen molar-refractivity contribution in [2.75, 3.05) is 11.5 Å². The van der Waals surface area contributed by atoms with Gasteiger partial charge in [-0.1, -0.05) is 0 Å². The van der Waals surface area contributed by atoms with E-state index in [-0.39, 0.29) is 5.70 Å². The van der Waals surface area contributed by atoms with Crippen molar-refractivity contribution in [3.05, 3.63) is 11.8 Å². The van der Waals surface area contributed by atoms with Gasteiger partial charge in [0.1, 0.15) is 17.1 Å². The highest BCUT2D eigenvalue weighted by Crippen LogP contribution is 2.37. The molecule has 1 saturated heterocycles. The van der Waals surface area contributed by atoms with Crippen molar-refractivity contribution in [2.45, 2.75) is 16.9 Å². The van der Waals surface area contributed by atoms with E-state index in [0.717, 1.165) is 4.90 Å². The molecular weight excluding hydrogens is 333 g/mol. The molecule has 0 radical (unpaired) electrons. The molecule has 6 nitrogen and oxygen atoms in total. The Morgan fingerprint density at radius 2 is 2.19 bits per heavy atom. The molecule has 2 aliphatic rings. The first kappa shape index (κ1) is 16.0. The molecule has 2 rings (SSSR count). The summed E-state index contributed by atoms with van der Waals surface area (Å²) in [6, 6.07) is -0.987. The van der Waals surface area contributed by atoms with Gasteiger partial charge >= 0.3 is 11.5 Å². The molecule has 11 heteroatoms. The Hall–Kier alpha value is -1.36. The number of hydrogen-bond acceptors (Lipinski definition) is 5. The number of nitrogens with zero attached hydrogens (tertiary/aromatic N) is 1. The number of rotatable bonds is 4. The van der Waals surface area contributed by atoms with Crippen LogP contribution in [0.15, 0.2) is 11.8 Å². The van der Waals surface area contributed by atoms with E-state index in [4.69, 9.17) is 5.11 Å². The van der Waals surface area contributed by atoms with E-state index in [1.165, 1.54) is 17.8 Å². The van der Waals surface area contributed by atoms with E-state index >= 15 is 0 Å². The number of carboxylic acids is 1. The van der Waals surface area contributed by atoms with Gasteiger partial charge in [-0.15, -0.1) is 11.8 Å². The molecule has 2 N–H and O–H groups in total. The molecule has 0 spiro atoms. The third kappa shape index (κ3) is 3.46. The highest BCUT2D eigenvalue weighted by atomic mass is 32.2. The Morgan fingerprint density at radius 1 is 1.52 bits per heavy atom. The molecule has 0 aliphatic carbocycles. The van der Waals surface area contributed by atoms with Crippen LogP contribution in [0.3, 0.4) is 0 Å². The van der Waals surface area contributed by atoms with Gasteiger partial charge in [-0.25, -0.2) is 4.79 Å². The minimum atomic E-state index is -4.52. The number of carboxylic acid groups (broad SMARTS) is 1. The normalized spacial score (nSPS) is 24.8. The van der Waals surface area contributed by atoms with Gasteiger partial charge < -0.3 is 10.4 Å². The number of halogens is 3. The third-order valence-electron chi connectivity index (χ3n) is 2.75. The number of fused-ring (bicyclic) bond motifs is 1. The van der Waals surface area contributed by atoms with Crippen LogP contribution in [0.2, 0.25) is 0 Å². The lowest BCUT2D eigenvalue weighted by Gasteiger charge is -2.48. The van der Waals surface area contributed by atoms with Crippen LogP contribution >= 0.6 is 23.5 Å². The Balaban J connectivity index is 1.93. The Labute approximate surface area is 125 Å². The van der Waals surface area contributed by atoms with Crippen molar-refractivity contribution in [1.29, 1.82) is 0 Å². The second-order valence-corrected chi connectivity index (χ2v) is 6.30. The average Bonchev–Trinajstić information content (AvgIpc) is 2.40. The summed E-state index contributed by atoms with van der Waals surface area (Å²) in [4.78, 5) is 35.2. The minimum absolute atomic E-state index is 0.168. The topological polar surface area (TPSA) is 86.7 Å². The number of carbonyl (C=O) groups excluding carboxylic acids is 2. The Morgan fingerprint density at radius 3 is 2.76 bits per heavy atom. The van der Waals surface area contributed by atoms with Crippen molar-refractivity contribution in [2.24, 2.45) is 0 Å². The number of hydrogen-bond donors (Lipinski definition) is 2. The lowest BCUT2D eigenvalue weighted by Crippen LogP contribution is -2.70. The quantitative estimate of drug-likeness (QED) is 0.728. The standard InChI is InChI=1S/C10H9F3N2O4S2/c11-10(12,13)21-3-5(16)14-6-7(17)15-4(9(18)19)1-2-20-8(6)15/h1,6,8H,2-3H2,(H,14,16)(H,18,19)/t6?,8-/m1/s1. The van der Waals surface area contributed by atoms with Crippen LogP contribution in [0.1, 0.15) is 0 Å². The van der Waals surface area contributed by atoms with Crippen LogP contribution < -0.4 is 5.32 Å². The van der Waals surface area contributed by atoms with E-state index in [1.807, 2.05) is 0 Å². The SMILES string of the molecule is O=C(CSC(F)(F)F)NC1C(=O)N2C(C(=O)O)=CCS[C@H]12. The number of aliphatic carboxylic acids is 1. The zero-order valence-corrected chi connectivity index (χ0v) is 11.8. The van der Waals surface area contributed by atoms with Gasteiger partial charge in [0.15, 0.2) is 0 Å². The highest BCUT2D eigenvalue weighted by Gasteiger charge is 2.52. The van der Waals surface area contributed by atoms with Crippen LogP contribution in [-0.2, 0) is 14.4 Å². The first-order chi connectivity index (χ1) is 9.70. The van der Waals surface area contributed by atoms with Crippen LogP contribution in [0, 0.1) is 0 Å². The smallest absolute Gasteiger partial charge is 0.442 e. The lowest BCUT2D eigenvalue weighted by molar-refractivity contribution is -0.150. The summed E-state index contributed by atoms with van der Waals surface area (Å²) >= 11 is 0.738. The summed E-state index contributed by atoms with van der Waals surface area (Å²) in [6.07, 6.45) is 1.37. The number of thioether (sulfide) groups is 2. The van der Waals surface area contributed by atoms with Gasteiger partial charge in [-0.2, -0.15) is 13.2 Å². The number of nitrogens with one attached hydrogen (secondary N) is 1. The molecule has 2 amide bonds. The van der Waals surface area contributed by atoms with Crippen LogP contribution in [0.5, 0.6) is 0 Å². The Bertz CT molecular complexity index is 523. The van der Waals surface area contributed by atoms with Gasteiger partial charge in [0.05, 0.1) is 5.75 Å². The van der Waals surface area contributed by atoms with Crippen LogP contribution in [0.4, 0.5) is 13.2 Å². The molecule has 1 fully saturated rings. The summed E-state index contributed by atoms with van der Waals surface area (Å²) in [7, 11) is 0. The van der Waals surface area contributed by atoms with Crippen molar-refractivity contribution >= 4 is 41.3 Å². The molecule has 116 valence electrons. The highest BCUT2D eigenvalue weighted by molar-refractivity contribution is 8.00. The second kappa shape index (κ2) is 5.79. The Kier molecular flexibility index (Phi) is 4.42. The zero-order valence-electron chi connectivity index (χ0n) is 10.2. The van der Waals surface area contributed by atoms with Gasteiger partial charge in [-0.05, 0) is 17.8 Å². The maximum absolute atomic E-state index is 12.0. The maximum Gasteiger partial charge on any atom is 0.442 e. The zero-order chi connectivity index (χ0) is 15.8. The fourth-order valence-corrected chi connectivity index (χ4v) is 3.47. The van der Waals surface area contributed by atoms with Crippen molar-refractivity contribution in [3.63, 3.8) is 0 Å². The molecule has 0 saturated carbocycles. The minimum Gasteiger partial charge on any atom is -0.477 e. The van der Waals surface area contributed by atoms with E-state index in [2.05, 4.69) is 5.32 Å². The fraction of sp³-hybridized carbons (Fsp3) is 0.500. The molecular formula is C10H9F3N2O4S2. The van der Waals surface area contributed by atoms with Crippen LogP contribution in [0.25, 0.3) is 0 Å². The van der Waals surface area contributed by atoms with Crippen molar-refractivity contribution in [3.8, 4) is 0 Å². The third-order valence-corrected chi connectivity index (χ3v) is 4.67. The molecule has 0 aromatic rings. The van der Waals surface area contributed by atoms with Crippen LogP contribution in [-0.4, -0.2) is 56.2 Å². The summed E-state index contributed by atoms with van der Waals surface area (Å²) < 4.78 is 35.9. The summed E-state index contributed by atoms with van der Waals surface area (Å²) in [5, 5.41) is 10.5. The largest absolute Gasteiger partial charge is 0.477 e. The van der Waals surface area contributed by atoms with Gasteiger partial charge in [0, 0.05) is 5.75 Å². The molecule has 0 aromatic heterocycles. The van der Waals surface area contributed by atoms with E-state index < -0.39 is 52.2 Å². The maximum atomic E-state index is 12.0. The average molecular weight is 342 g/mol.